The van der Waals surface area contributed by atoms with Crippen LogP contribution in [0.4, 0.5) is 13.2 Å². The van der Waals surface area contributed by atoms with E-state index in [0.29, 0.717) is 18.5 Å². The third-order valence-corrected chi connectivity index (χ3v) is 4.14. The van der Waals surface area contributed by atoms with E-state index in [1.54, 1.807) is 12.1 Å². The number of nitrogens with one attached hydrogen (secondary N) is 1. The number of ether oxygens (including phenoxy) is 1. The zero-order valence-corrected chi connectivity index (χ0v) is 12.2. The van der Waals surface area contributed by atoms with Gasteiger partial charge in [0.1, 0.15) is 5.75 Å². The Labute approximate surface area is 123 Å². The standard InChI is InChI=1S/C16H22F3NO/c1-12(14-5-3-2-4-6-14)20-11-13-7-9-15(10-8-13)21-16(17,18)19/h7-10,12,14,20H,2-6,11H2,1H3/t12-/m0/s1. The smallest absolute Gasteiger partial charge is 0.406 e. The van der Waals surface area contributed by atoms with Crippen LogP contribution in [0.25, 0.3) is 0 Å². The monoisotopic (exact) mass is 301 g/mol. The lowest BCUT2D eigenvalue weighted by Gasteiger charge is -2.28. The van der Waals surface area contributed by atoms with Gasteiger partial charge in [-0.25, -0.2) is 0 Å². The van der Waals surface area contributed by atoms with Crippen LogP contribution < -0.4 is 10.1 Å². The first-order valence-electron chi connectivity index (χ1n) is 7.52. The van der Waals surface area contributed by atoms with Crippen molar-refractivity contribution in [2.75, 3.05) is 0 Å². The maximum absolute atomic E-state index is 12.1. The summed E-state index contributed by atoms with van der Waals surface area (Å²) in [4.78, 5) is 0. The van der Waals surface area contributed by atoms with Crippen molar-refractivity contribution < 1.29 is 17.9 Å². The van der Waals surface area contributed by atoms with Gasteiger partial charge in [-0.15, -0.1) is 13.2 Å². The summed E-state index contributed by atoms with van der Waals surface area (Å²) < 4.78 is 40.1. The Morgan fingerprint density at radius 2 is 1.76 bits per heavy atom. The Balaban J connectivity index is 1.80. The van der Waals surface area contributed by atoms with E-state index in [2.05, 4.69) is 17.0 Å². The highest BCUT2D eigenvalue weighted by Crippen LogP contribution is 2.26. The predicted octanol–water partition coefficient (Wildman–Crippen LogP) is 4.64. The molecule has 0 aliphatic heterocycles. The van der Waals surface area contributed by atoms with E-state index in [0.717, 1.165) is 5.56 Å². The van der Waals surface area contributed by atoms with E-state index in [1.165, 1.54) is 44.2 Å². The molecule has 1 aliphatic rings. The first-order valence-corrected chi connectivity index (χ1v) is 7.52. The molecule has 0 spiro atoms. The molecule has 1 aromatic rings. The summed E-state index contributed by atoms with van der Waals surface area (Å²) in [6.45, 7) is 2.86. The number of benzene rings is 1. The minimum atomic E-state index is -4.63. The quantitative estimate of drug-likeness (QED) is 0.855. The second kappa shape index (κ2) is 7.16. The number of rotatable bonds is 5. The minimum absolute atomic E-state index is 0.174. The highest BCUT2D eigenvalue weighted by Gasteiger charge is 2.30. The van der Waals surface area contributed by atoms with Crippen LogP contribution in [0, 0.1) is 5.92 Å². The van der Waals surface area contributed by atoms with E-state index in [4.69, 9.17) is 0 Å². The number of halogens is 3. The molecule has 1 N–H and O–H groups in total. The van der Waals surface area contributed by atoms with Gasteiger partial charge in [-0.2, -0.15) is 0 Å². The molecule has 2 nitrogen and oxygen atoms in total. The van der Waals surface area contributed by atoms with Crippen molar-refractivity contribution in [1.29, 1.82) is 0 Å². The van der Waals surface area contributed by atoms with Gasteiger partial charge < -0.3 is 10.1 Å². The van der Waals surface area contributed by atoms with Crippen molar-refractivity contribution in [1.82, 2.24) is 5.32 Å². The van der Waals surface area contributed by atoms with Crippen LogP contribution in [0.5, 0.6) is 5.75 Å². The molecular formula is C16H22F3NO. The Hall–Kier alpha value is -1.23. The predicted molar refractivity (Wildman–Crippen MR) is 76.0 cm³/mol. The van der Waals surface area contributed by atoms with Crippen molar-refractivity contribution in [3.8, 4) is 5.75 Å². The normalized spacial score (nSPS) is 18.5. The summed E-state index contributed by atoms with van der Waals surface area (Å²) in [6.07, 6.45) is 1.86. The fourth-order valence-corrected chi connectivity index (χ4v) is 2.89. The molecule has 2 rings (SSSR count). The molecular weight excluding hydrogens is 279 g/mol. The molecule has 0 aromatic heterocycles. The number of alkyl halides is 3. The third kappa shape index (κ3) is 5.58. The molecule has 0 unspecified atom stereocenters. The van der Waals surface area contributed by atoms with Crippen molar-refractivity contribution in [2.24, 2.45) is 5.92 Å². The van der Waals surface area contributed by atoms with E-state index in [9.17, 15) is 13.2 Å². The van der Waals surface area contributed by atoms with Crippen LogP contribution in [0.3, 0.4) is 0 Å². The molecule has 118 valence electrons. The number of hydrogen-bond acceptors (Lipinski definition) is 2. The van der Waals surface area contributed by atoms with Crippen LogP contribution in [0.1, 0.15) is 44.6 Å². The summed E-state index contributed by atoms with van der Waals surface area (Å²) in [7, 11) is 0. The van der Waals surface area contributed by atoms with Gasteiger partial charge in [0.05, 0.1) is 0 Å². The maximum atomic E-state index is 12.1. The SMILES string of the molecule is C[C@H](NCc1ccc(OC(F)(F)F)cc1)C1CCCCC1. The molecule has 0 saturated heterocycles. The maximum Gasteiger partial charge on any atom is 0.573 e. The average Bonchev–Trinajstić information content (AvgIpc) is 2.45. The van der Waals surface area contributed by atoms with Crippen LogP contribution in [0.15, 0.2) is 24.3 Å². The molecule has 1 saturated carbocycles. The van der Waals surface area contributed by atoms with Crippen molar-refractivity contribution >= 4 is 0 Å². The summed E-state index contributed by atoms with van der Waals surface area (Å²) in [5.41, 5.74) is 0.965. The Kier molecular flexibility index (Phi) is 5.51. The summed E-state index contributed by atoms with van der Waals surface area (Å²) in [5, 5.41) is 3.47. The van der Waals surface area contributed by atoms with Gasteiger partial charge in [-0.3, -0.25) is 0 Å². The minimum Gasteiger partial charge on any atom is -0.406 e. The average molecular weight is 301 g/mol. The van der Waals surface area contributed by atoms with Crippen molar-refractivity contribution in [3.05, 3.63) is 29.8 Å². The summed E-state index contributed by atoms with van der Waals surface area (Å²) >= 11 is 0. The second-order valence-corrected chi connectivity index (χ2v) is 5.76. The third-order valence-electron chi connectivity index (χ3n) is 4.14. The Morgan fingerprint density at radius 3 is 2.33 bits per heavy atom. The zero-order chi connectivity index (χ0) is 15.3. The molecule has 1 fully saturated rings. The van der Waals surface area contributed by atoms with Crippen LogP contribution >= 0.6 is 0 Å². The van der Waals surface area contributed by atoms with Gasteiger partial charge in [0.2, 0.25) is 0 Å². The second-order valence-electron chi connectivity index (χ2n) is 5.76. The summed E-state index contributed by atoms with van der Waals surface area (Å²) in [5.74, 6) is 0.540. The van der Waals surface area contributed by atoms with Gasteiger partial charge >= 0.3 is 6.36 Å². The molecule has 0 heterocycles. The lowest BCUT2D eigenvalue weighted by molar-refractivity contribution is -0.274. The van der Waals surface area contributed by atoms with E-state index in [1.807, 2.05) is 0 Å². The Bertz CT molecular complexity index is 424. The van der Waals surface area contributed by atoms with Crippen LogP contribution in [-0.2, 0) is 6.54 Å². The topological polar surface area (TPSA) is 21.3 Å². The Morgan fingerprint density at radius 1 is 1.14 bits per heavy atom. The highest BCUT2D eigenvalue weighted by molar-refractivity contribution is 5.27. The molecule has 21 heavy (non-hydrogen) atoms. The van der Waals surface area contributed by atoms with Crippen molar-refractivity contribution in [3.63, 3.8) is 0 Å². The molecule has 1 aliphatic carbocycles. The molecule has 1 atom stereocenters. The summed E-state index contributed by atoms with van der Waals surface area (Å²) in [6, 6.07) is 6.49. The van der Waals surface area contributed by atoms with E-state index < -0.39 is 6.36 Å². The first kappa shape index (κ1) is 16.1. The van der Waals surface area contributed by atoms with Gasteiger partial charge in [-0.1, -0.05) is 31.4 Å². The molecule has 5 heteroatoms. The molecule has 0 amide bonds. The van der Waals surface area contributed by atoms with E-state index >= 15 is 0 Å². The lowest BCUT2D eigenvalue weighted by atomic mass is 9.84. The first-order chi connectivity index (χ1) is 9.94. The largest absolute Gasteiger partial charge is 0.573 e. The molecule has 1 aromatic carbocycles. The van der Waals surface area contributed by atoms with E-state index in [-0.39, 0.29) is 5.75 Å². The van der Waals surface area contributed by atoms with Gasteiger partial charge in [0.25, 0.3) is 0 Å². The fourth-order valence-electron chi connectivity index (χ4n) is 2.89. The highest BCUT2D eigenvalue weighted by atomic mass is 19.4. The molecule has 0 bridgehead atoms. The van der Waals surface area contributed by atoms with Gasteiger partial charge in [0.15, 0.2) is 0 Å². The van der Waals surface area contributed by atoms with Gasteiger partial charge in [-0.05, 0) is 43.4 Å². The molecule has 0 radical (unpaired) electrons. The van der Waals surface area contributed by atoms with Crippen LogP contribution in [-0.4, -0.2) is 12.4 Å². The fraction of sp³-hybridized carbons (Fsp3) is 0.625. The van der Waals surface area contributed by atoms with Gasteiger partial charge in [0, 0.05) is 12.6 Å². The zero-order valence-electron chi connectivity index (χ0n) is 12.2. The lowest BCUT2D eigenvalue weighted by Crippen LogP contribution is -2.34. The number of hydrogen-bond donors (Lipinski definition) is 1. The van der Waals surface area contributed by atoms with Crippen molar-refractivity contribution in [2.45, 2.75) is 58.0 Å². The van der Waals surface area contributed by atoms with Crippen LogP contribution in [0.2, 0.25) is 0 Å².